The van der Waals surface area contributed by atoms with Crippen LogP contribution in [0.15, 0.2) is 12.1 Å². The van der Waals surface area contributed by atoms with E-state index in [0.29, 0.717) is 11.6 Å². The van der Waals surface area contributed by atoms with Crippen molar-refractivity contribution in [3.63, 3.8) is 0 Å². The molecule has 0 aromatic heterocycles. The first-order chi connectivity index (χ1) is 9.56. The van der Waals surface area contributed by atoms with Gasteiger partial charge in [0.2, 0.25) is 0 Å². The molecule has 1 aromatic carbocycles. The minimum Gasteiger partial charge on any atom is -0.491 e. The predicted octanol–water partition coefficient (Wildman–Crippen LogP) is 1.69. The Labute approximate surface area is 124 Å². The second-order valence-corrected chi connectivity index (χ2v) is 6.24. The molecular weight excluding hydrogens is 276 g/mol. The Kier molecular flexibility index (Phi) is 3.91. The van der Waals surface area contributed by atoms with Crippen molar-refractivity contribution in [1.29, 1.82) is 0 Å². The van der Waals surface area contributed by atoms with Gasteiger partial charge in [-0.3, -0.25) is 4.90 Å². The molecule has 0 amide bonds. The topological polar surface area (TPSA) is 35.9 Å². The third-order valence-electron chi connectivity index (χ3n) is 4.36. The predicted molar refractivity (Wildman–Crippen MR) is 79.5 cm³/mol. The van der Waals surface area contributed by atoms with E-state index >= 15 is 0 Å². The minimum absolute atomic E-state index is 0.0223. The third-order valence-corrected chi connectivity index (χ3v) is 4.57. The Morgan fingerprint density at radius 2 is 1.95 bits per heavy atom. The molecule has 110 valence electrons. The van der Waals surface area contributed by atoms with Crippen LogP contribution in [0.5, 0.6) is 5.75 Å². The molecule has 1 fully saturated rings. The maximum Gasteiger partial charge on any atom is 0.128 e. The molecule has 0 spiro atoms. The van der Waals surface area contributed by atoms with Gasteiger partial charge in [0.1, 0.15) is 18.5 Å². The largest absolute Gasteiger partial charge is 0.491 e. The first-order valence-electron chi connectivity index (χ1n) is 7.10. The van der Waals surface area contributed by atoms with Gasteiger partial charge in [0.25, 0.3) is 0 Å². The Balaban J connectivity index is 1.83. The van der Waals surface area contributed by atoms with Gasteiger partial charge in [-0.05, 0) is 31.7 Å². The SMILES string of the molecule is Cc1cc(Cl)cc2c1OCC(N1CCN(C)CC1)C2O. The quantitative estimate of drug-likeness (QED) is 0.855. The number of halogens is 1. The zero-order chi connectivity index (χ0) is 14.3. The second-order valence-electron chi connectivity index (χ2n) is 5.80. The van der Waals surface area contributed by atoms with Gasteiger partial charge in [0, 0.05) is 36.8 Å². The van der Waals surface area contributed by atoms with E-state index in [1.165, 1.54) is 0 Å². The monoisotopic (exact) mass is 296 g/mol. The Hall–Kier alpha value is -0.810. The van der Waals surface area contributed by atoms with Crippen molar-refractivity contribution in [2.24, 2.45) is 0 Å². The molecule has 20 heavy (non-hydrogen) atoms. The fourth-order valence-corrected chi connectivity index (χ4v) is 3.38. The van der Waals surface area contributed by atoms with Crippen LogP contribution in [-0.2, 0) is 0 Å². The molecule has 0 saturated carbocycles. The van der Waals surface area contributed by atoms with Crippen molar-refractivity contribution in [2.75, 3.05) is 39.8 Å². The minimum atomic E-state index is -0.528. The number of fused-ring (bicyclic) bond motifs is 1. The van der Waals surface area contributed by atoms with Gasteiger partial charge < -0.3 is 14.7 Å². The summed E-state index contributed by atoms with van der Waals surface area (Å²) in [5.41, 5.74) is 1.81. The highest BCUT2D eigenvalue weighted by Gasteiger charge is 2.35. The van der Waals surface area contributed by atoms with Crippen LogP contribution in [0.1, 0.15) is 17.2 Å². The molecular formula is C15H21ClN2O2. The first-order valence-corrected chi connectivity index (χ1v) is 7.47. The Bertz CT molecular complexity index is 501. The average Bonchev–Trinajstić information content (AvgIpc) is 2.41. The maximum atomic E-state index is 10.7. The third kappa shape index (κ3) is 2.53. The molecule has 0 bridgehead atoms. The highest BCUT2D eigenvalue weighted by atomic mass is 35.5. The van der Waals surface area contributed by atoms with Gasteiger partial charge in [0.15, 0.2) is 0 Å². The number of rotatable bonds is 1. The number of ether oxygens (including phenoxy) is 1. The van der Waals surface area contributed by atoms with Gasteiger partial charge >= 0.3 is 0 Å². The second kappa shape index (κ2) is 5.53. The lowest BCUT2D eigenvalue weighted by atomic mass is 9.95. The zero-order valence-corrected chi connectivity index (χ0v) is 12.7. The van der Waals surface area contributed by atoms with Crippen LogP contribution in [0.3, 0.4) is 0 Å². The molecule has 2 atom stereocenters. The highest BCUT2D eigenvalue weighted by molar-refractivity contribution is 6.30. The van der Waals surface area contributed by atoms with E-state index in [-0.39, 0.29) is 6.04 Å². The van der Waals surface area contributed by atoms with Gasteiger partial charge in [-0.1, -0.05) is 11.6 Å². The summed E-state index contributed by atoms with van der Waals surface area (Å²) in [4.78, 5) is 4.63. The number of piperazine rings is 1. The van der Waals surface area contributed by atoms with Crippen molar-refractivity contribution < 1.29 is 9.84 Å². The van der Waals surface area contributed by atoms with E-state index in [0.717, 1.165) is 43.1 Å². The fraction of sp³-hybridized carbons (Fsp3) is 0.600. The van der Waals surface area contributed by atoms with E-state index in [4.69, 9.17) is 16.3 Å². The molecule has 2 aliphatic heterocycles. The lowest BCUT2D eigenvalue weighted by Crippen LogP contribution is -2.53. The summed E-state index contributed by atoms with van der Waals surface area (Å²) >= 11 is 6.11. The number of hydrogen-bond donors (Lipinski definition) is 1. The summed E-state index contributed by atoms with van der Waals surface area (Å²) in [6.07, 6.45) is -0.528. The number of hydrogen-bond acceptors (Lipinski definition) is 4. The Morgan fingerprint density at radius 3 is 2.65 bits per heavy atom. The van der Waals surface area contributed by atoms with Crippen LogP contribution in [-0.4, -0.2) is 60.8 Å². The van der Waals surface area contributed by atoms with Gasteiger partial charge in [-0.15, -0.1) is 0 Å². The molecule has 4 nitrogen and oxygen atoms in total. The molecule has 2 heterocycles. The molecule has 0 aliphatic carbocycles. The molecule has 5 heteroatoms. The van der Waals surface area contributed by atoms with E-state index in [2.05, 4.69) is 16.8 Å². The lowest BCUT2D eigenvalue weighted by molar-refractivity contribution is -0.0143. The summed E-state index contributed by atoms with van der Waals surface area (Å²) in [7, 11) is 2.13. The number of likely N-dealkylation sites (N-methyl/N-ethyl adjacent to an activating group) is 1. The van der Waals surface area contributed by atoms with Gasteiger partial charge in [-0.25, -0.2) is 0 Å². The van der Waals surface area contributed by atoms with Crippen molar-refractivity contribution in [3.8, 4) is 5.75 Å². The number of nitrogens with zero attached hydrogens (tertiary/aromatic N) is 2. The maximum absolute atomic E-state index is 10.7. The number of benzene rings is 1. The fourth-order valence-electron chi connectivity index (χ4n) is 3.10. The molecule has 2 aliphatic rings. The van der Waals surface area contributed by atoms with E-state index in [1.807, 2.05) is 19.1 Å². The molecule has 3 rings (SSSR count). The van der Waals surface area contributed by atoms with Gasteiger partial charge in [0.05, 0.1) is 6.04 Å². The molecule has 0 radical (unpaired) electrons. The highest BCUT2D eigenvalue weighted by Crippen LogP contribution is 2.38. The zero-order valence-electron chi connectivity index (χ0n) is 12.0. The number of aryl methyl sites for hydroxylation is 1. The average molecular weight is 297 g/mol. The van der Waals surface area contributed by atoms with Crippen molar-refractivity contribution >= 4 is 11.6 Å². The van der Waals surface area contributed by atoms with Crippen molar-refractivity contribution in [2.45, 2.75) is 19.1 Å². The molecule has 1 saturated heterocycles. The van der Waals surface area contributed by atoms with Crippen LogP contribution in [0.25, 0.3) is 0 Å². The standard InChI is InChI=1S/C15H21ClN2O2/c1-10-7-11(16)8-12-14(19)13(9-20-15(10)12)18-5-3-17(2)4-6-18/h7-8,13-14,19H,3-6,9H2,1-2H3. The summed E-state index contributed by atoms with van der Waals surface area (Å²) in [6, 6.07) is 3.73. The first kappa shape index (κ1) is 14.1. The summed E-state index contributed by atoms with van der Waals surface area (Å²) in [6.45, 7) is 6.51. The normalized spacial score (nSPS) is 28.0. The molecule has 2 unspecified atom stereocenters. The number of aliphatic hydroxyl groups is 1. The van der Waals surface area contributed by atoms with E-state index in [9.17, 15) is 5.11 Å². The van der Waals surface area contributed by atoms with E-state index < -0.39 is 6.10 Å². The van der Waals surface area contributed by atoms with Crippen LogP contribution in [0, 0.1) is 6.92 Å². The van der Waals surface area contributed by atoms with Crippen molar-refractivity contribution in [1.82, 2.24) is 9.80 Å². The summed E-state index contributed by atoms with van der Waals surface area (Å²) in [5, 5.41) is 11.3. The lowest BCUT2D eigenvalue weighted by Gasteiger charge is -2.42. The van der Waals surface area contributed by atoms with Crippen molar-refractivity contribution in [3.05, 3.63) is 28.3 Å². The Morgan fingerprint density at radius 1 is 1.25 bits per heavy atom. The van der Waals surface area contributed by atoms with Crippen LogP contribution >= 0.6 is 11.6 Å². The molecule has 1 aromatic rings. The van der Waals surface area contributed by atoms with E-state index in [1.54, 1.807) is 0 Å². The van der Waals surface area contributed by atoms with Crippen LogP contribution in [0.2, 0.25) is 5.02 Å². The summed E-state index contributed by atoms with van der Waals surface area (Å²) in [5.74, 6) is 0.798. The van der Waals surface area contributed by atoms with Crippen LogP contribution < -0.4 is 4.74 Å². The smallest absolute Gasteiger partial charge is 0.128 e. The summed E-state index contributed by atoms with van der Waals surface area (Å²) < 4.78 is 5.90. The number of aliphatic hydroxyl groups excluding tert-OH is 1. The van der Waals surface area contributed by atoms with Gasteiger partial charge in [-0.2, -0.15) is 0 Å². The van der Waals surface area contributed by atoms with Crippen LogP contribution in [0.4, 0.5) is 0 Å². The molecule has 1 N–H and O–H groups in total.